The average molecular weight is 713 g/mol. The third-order valence-corrected chi connectivity index (χ3v) is 11.4. The van der Waals surface area contributed by atoms with Gasteiger partial charge in [0.1, 0.15) is 0 Å². The van der Waals surface area contributed by atoms with Crippen LogP contribution in [-0.2, 0) is 0 Å². The van der Waals surface area contributed by atoms with Gasteiger partial charge in [0.25, 0.3) is 0 Å². The minimum Gasteiger partial charge on any atom is -0.310 e. The molecule has 56 heavy (non-hydrogen) atoms. The largest absolute Gasteiger partial charge is 0.310 e. The van der Waals surface area contributed by atoms with Crippen LogP contribution >= 0.6 is 0 Å². The second-order valence-electron chi connectivity index (χ2n) is 14.5. The summed E-state index contributed by atoms with van der Waals surface area (Å²) in [7, 11) is 0. The monoisotopic (exact) mass is 712 g/mol. The maximum atomic E-state index is 2.45. The first kappa shape index (κ1) is 32.0. The molecule has 0 spiro atoms. The quantitative estimate of drug-likeness (QED) is 0.167. The van der Waals surface area contributed by atoms with Gasteiger partial charge in [0, 0.05) is 28.0 Å². The van der Waals surface area contributed by atoms with Crippen molar-refractivity contribution in [2.24, 2.45) is 0 Å². The number of pyridine rings is 1. The predicted molar refractivity (Wildman–Crippen MR) is 238 cm³/mol. The fourth-order valence-electron chi connectivity index (χ4n) is 8.74. The van der Waals surface area contributed by atoms with E-state index in [0.717, 1.165) is 17.1 Å². The number of aromatic nitrogens is 1. The molecule has 0 saturated heterocycles. The Morgan fingerprint density at radius 3 is 1.41 bits per heavy atom. The van der Waals surface area contributed by atoms with Crippen LogP contribution in [-0.4, -0.2) is 4.40 Å². The molecule has 0 aliphatic rings. The van der Waals surface area contributed by atoms with Crippen molar-refractivity contribution in [1.82, 2.24) is 4.40 Å². The van der Waals surface area contributed by atoms with Gasteiger partial charge in [-0.3, -0.25) is 0 Å². The van der Waals surface area contributed by atoms with Crippen LogP contribution in [0.15, 0.2) is 218 Å². The summed E-state index contributed by atoms with van der Waals surface area (Å²) in [5.41, 5.74) is 14.2. The topological polar surface area (TPSA) is 7.65 Å². The number of benzene rings is 9. The number of anilines is 3. The summed E-state index contributed by atoms with van der Waals surface area (Å²) in [6, 6.07) is 79.5. The molecule has 2 nitrogen and oxygen atoms in total. The molecule has 11 rings (SSSR count). The summed E-state index contributed by atoms with van der Waals surface area (Å²) in [5.74, 6) is 0. The number of nitrogens with zero attached hydrogens (tertiary/aromatic N) is 2. The first-order valence-corrected chi connectivity index (χ1v) is 19.3. The van der Waals surface area contributed by atoms with Crippen LogP contribution in [0, 0.1) is 0 Å². The number of rotatable bonds is 6. The second-order valence-corrected chi connectivity index (χ2v) is 14.5. The van der Waals surface area contributed by atoms with Crippen molar-refractivity contribution in [1.29, 1.82) is 0 Å². The summed E-state index contributed by atoms with van der Waals surface area (Å²) in [6.45, 7) is 0. The molecule has 11 aromatic rings. The molecule has 2 aromatic heterocycles. The van der Waals surface area contributed by atoms with Crippen LogP contribution < -0.4 is 4.90 Å². The molecule has 0 aliphatic heterocycles. The van der Waals surface area contributed by atoms with E-state index in [9.17, 15) is 0 Å². The average Bonchev–Trinajstić information content (AvgIpc) is 3.62. The molecule has 9 aromatic carbocycles. The molecule has 0 amide bonds. The fraction of sp³-hybridized carbons (Fsp3) is 0. The van der Waals surface area contributed by atoms with Crippen molar-refractivity contribution in [3.63, 3.8) is 0 Å². The van der Waals surface area contributed by atoms with Gasteiger partial charge in [-0.25, -0.2) is 0 Å². The molecule has 0 radical (unpaired) electrons. The van der Waals surface area contributed by atoms with Gasteiger partial charge in [-0.05, 0) is 103 Å². The Labute approximate surface area is 325 Å². The van der Waals surface area contributed by atoms with Gasteiger partial charge in [0.15, 0.2) is 0 Å². The Hall–Kier alpha value is -7.42. The van der Waals surface area contributed by atoms with Gasteiger partial charge in [-0.1, -0.05) is 170 Å². The van der Waals surface area contributed by atoms with Crippen molar-refractivity contribution in [3.8, 4) is 33.4 Å². The summed E-state index contributed by atoms with van der Waals surface area (Å²) >= 11 is 0. The van der Waals surface area contributed by atoms with E-state index in [1.807, 2.05) is 0 Å². The van der Waals surface area contributed by atoms with E-state index in [1.165, 1.54) is 82.2 Å². The zero-order chi connectivity index (χ0) is 37.0. The maximum absolute atomic E-state index is 2.45. The lowest BCUT2D eigenvalue weighted by Gasteiger charge is -2.26. The molecule has 0 saturated carbocycles. The van der Waals surface area contributed by atoms with Crippen LogP contribution in [0.2, 0.25) is 0 Å². The minimum atomic E-state index is 1.10. The molecule has 0 atom stereocenters. The van der Waals surface area contributed by atoms with Crippen LogP contribution in [0.5, 0.6) is 0 Å². The molecular weight excluding hydrogens is 677 g/mol. The Kier molecular flexibility index (Phi) is 7.53. The Morgan fingerprint density at radius 1 is 0.286 bits per heavy atom. The molecule has 2 heteroatoms. The first-order valence-electron chi connectivity index (χ1n) is 19.3. The van der Waals surface area contributed by atoms with E-state index < -0.39 is 0 Å². The smallest absolute Gasteiger partial charge is 0.0555 e. The zero-order valence-corrected chi connectivity index (χ0v) is 30.7. The van der Waals surface area contributed by atoms with Crippen LogP contribution in [0.25, 0.3) is 82.2 Å². The van der Waals surface area contributed by atoms with Gasteiger partial charge >= 0.3 is 0 Å². The number of para-hydroxylation sites is 1. The molecular formula is C54H36N2. The van der Waals surface area contributed by atoms with Crippen LogP contribution in [0.3, 0.4) is 0 Å². The van der Waals surface area contributed by atoms with Crippen molar-refractivity contribution >= 4 is 65.9 Å². The molecule has 2 heterocycles. The van der Waals surface area contributed by atoms with E-state index in [-0.39, 0.29) is 0 Å². The summed E-state index contributed by atoms with van der Waals surface area (Å²) in [6.07, 6.45) is 0. The van der Waals surface area contributed by atoms with Gasteiger partial charge in [-0.15, -0.1) is 0 Å². The molecule has 0 aliphatic carbocycles. The molecule has 0 unspecified atom stereocenters. The lowest BCUT2D eigenvalue weighted by Crippen LogP contribution is -2.10. The van der Waals surface area contributed by atoms with Crippen LogP contribution in [0.1, 0.15) is 0 Å². The molecule has 262 valence electrons. The highest BCUT2D eigenvalue weighted by Crippen LogP contribution is 2.42. The lowest BCUT2D eigenvalue weighted by molar-refractivity contribution is 1.27. The zero-order valence-electron chi connectivity index (χ0n) is 30.7. The van der Waals surface area contributed by atoms with Gasteiger partial charge < -0.3 is 9.30 Å². The number of fused-ring (bicyclic) bond motifs is 7. The van der Waals surface area contributed by atoms with Crippen molar-refractivity contribution < 1.29 is 0 Å². The van der Waals surface area contributed by atoms with E-state index in [4.69, 9.17) is 0 Å². The Morgan fingerprint density at radius 2 is 0.786 bits per heavy atom. The van der Waals surface area contributed by atoms with Gasteiger partial charge in [-0.2, -0.15) is 0 Å². The summed E-state index contributed by atoms with van der Waals surface area (Å²) in [4.78, 5) is 2.39. The number of hydrogen-bond donors (Lipinski definition) is 0. The van der Waals surface area contributed by atoms with Gasteiger partial charge in [0.2, 0.25) is 0 Å². The van der Waals surface area contributed by atoms with E-state index in [1.54, 1.807) is 0 Å². The maximum Gasteiger partial charge on any atom is 0.0555 e. The van der Waals surface area contributed by atoms with E-state index >= 15 is 0 Å². The van der Waals surface area contributed by atoms with Crippen molar-refractivity contribution in [2.75, 3.05) is 4.90 Å². The third kappa shape index (κ3) is 5.26. The molecule has 0 N–H and O–H groups in total. The highest BCUT2D eigenvalue weighted by molar-refractivity contribution is 6.09. The standard InChI is InChI=1S/C54H36N2/c1-2-14-42(15-3-1)54-50-20-8-9-23-51(50)56-52(54)35-29-41-28-34-45(36-53(41)56)55(43-30-24-39(25-31-43)48-21-10-16-37-12-4-6-18-46(37)48)44-32-26-40(27-33-44)49-22-11-17-38-13-5-7-19-47(38)49/h1-36H. The highest BCUT2D eigenvalue weighted by Gasteiger charge is 2.19. The fourth-order valence-corrected chi connectivity index (χ4v) is 8.74. The van der Waals surface area contributed by atoms with Crippen molar-refractivity contribution in [3.05, 3.63) is 218 Å². The summed E-state index contributed by atoms with van der Waals surface area (Å²) in [5, 5.41) is 7.46. The Balaban J connectivity index is 1.10. The van der Waals surface area contributed by atoms with Crippen molar-refractivity contribution in [2.45, 2.75) is 0 Å². The third-order valence-electron chi connectivity index (χ3n) is 11.4. The SMILES string of the molecule is c1ccc(-c2c3ccccc3n3c2ccc2ccc(N(c4ccc(-c5cccc6ccccc56)cc4)c4ccc(-c5cccc6ccccc56)cc4)cc23)cc1. The normalized spacial score (nSPS) is 11.6. The molecule has 0 bridgehead atoms. The second kappa shape index (κ2) is 13.2. The summed E-state index contributed by atoms with van der Waals surface area (Å²) < 4.78 is 2.45. The Bertz CT molecular complexity index is 3100. The highest BCUT2D eigenvalue weighted by atomic mass is 15.1. The van der Waals surface area contributed by atoms with E-state index in [0.29, 0.717) is 0 Å². The van der Waals surface area contributed by atoms with Crippen LogP contribution in [0.4, 0.5) is 17.1 Å². The van der Waals surface area contributed by atoms with E-state index in [2.05, 4.69) is 228 Å². The molecule has 0 fully saturated rings. The first-order chi connectivity index (χ1) is 27.8. The number of hydrogen-bond acceptors (Lipinski definition) is 1. The van der Waals surface area contributed by atoms with Gasteiger partial charge in [0.05, 0.1) is 16.6 Å². The lowest BCUT2D eigenvalue weighted by atomic mass is 9.97. The predicted octanol–water partition coefficient (Wildman–Crippen LogP) is 15.0. The minimum absolute atomic E-state index is 1.10.